The van der Waals surface area contributed by atoms with Gasteiger partial charge in [-0.3, -0.25) is 4.79 Å². The number of fused-ring (bicyclic) bond motifs is 1. The second kappa shape index (κ2) is 7.86. The highest BCUT2D eigenvalue weighted by atomic mass is 16.5. The average molecular weight is 354 g/mol. The summed E-state index contributed by atoms with van der Waals surface area (Å²) >= 11 is 0. The van der Waals surface area contributed by atoms with Gasteiger partial charge in [0.25, 0.3) is 0 Å². The topological polar surface area (TPSA) is 77.8 Å². The fourth-order valence-electron chi connectivity index (χ4n) is 2.63. The fraction of sp³-hybridized carbons (Fsp3) is 0.316. The second-order valence-electron chi connectivity index (χ2n) is 5.87. The number of benzene rings is 1. The molecule has 3 aromatic rings. The quantitative estimate of drug-likeness (QED) is 0.702. The van der Waals surface area contributed by atoms with Crippen LogP contribution in [-0.4, -0.2) is 34.7 Å². The molecule has 1 N–H and O–H groups in total. The van der Waals surface area contributed by atoms with Crippen LogP contribution in [0, 0.1) is 0 Å². The van der Waals surface area contributed by atoms with Gasteiger partial charge >= 0.3 is 0 Å². The zero-order valence-electron chi connectivity index (χ0n) is 15.2. The van der Waals surface area contributed by atoms with E-state index in [0.717, 1.165) is 24.1 Å². The Morgan fingerprint density at radius 1 is 1.19 bits per heavy atom. The lowest BCUT2D eigenvalue weighted by Gasteiger charge is -2.11. The summed E-state index contributed by atoms with van der Waals surface area (Å²) < 4.78 is 12.2. The summed E-state index contributed by atoms with van der Waals surface area (Å²) in [7, 11) is 3.15. The van der Waals surface area contributed by atoms with Gasteiger partial charge in [-0.05, 0) is 30.7 Å². The molecule has 1 aromatic carbocycles. The van der Waals surface area contributed by atoms with E-state index in [4.69, 9.17) is 9.47 Å². The first-order valence-corrected chi connectivity index (χ1v) is 8.53. The van der Waals surface area contributed by atoms with Gasteiger partial charge in [-0.2, -0.15) is 0 Å². The molecule has 0 fully saturated rings. The molecule has 136 valence electrons. The number of anilines is 1. The summed E-state index contributed by atoms with van der Waals surface area (Å²) in [4.78, 5) is 16.7. The van der Waals surface area contributed by atoms with E-state index in [0.29, 0.717) is 29.4 Å². The number of rotatable bonds is 7. The van der Waals surface area contributed by atoms with E-state index in [1.807, 2.05) is 30.5 Å². The maximum Gasteiger partial charge on any atom is 0.231 e. The largest absolute Gasteiger partial charge is 0.495 e. The fourth-order valence-corrected chi connectivity index (χ4v) is 2.63. The predicted octanol–water partition coefficient (Wildman–Crippen LogP) is 3.54. The van der Waals surface area contributed by atoms with E-state index < -0.39 is 0 Å². The Morgan fingerprint density at radius 2 is 2.04 bits per heavy atom. The normalized spacial score (nSPS) is 10.7. The number of nitrogens with zero attached hydrogens (tertiary/aromatic N) is 3. The van der Waals surface area contributed by atoms with E-state index in [-0.39, 0.29) is 5.91 Å². The van der Waals surface area contributed by atoms with Crippen molar-refractivity contribution in [2.24, 2.45) is 0 Å². The molecule has 2 heterocycles. The molecule has 0 aliphatic carbocycles. The first-order chi connectivity index (χ1) is 12.6. The van der Waals surface area contributed by atoms with Gasteiger partial charge in [0.15, 0.2) is 5.65 Å². The minimum absolute atomic E-state index is 0.0243. The van der Waals surface area contributed by atoms with Gasteiger partial charge in [-0.25, -0.2) is 9.50 Å². The van der Waals surface area contributed by atoms with Crippen LogP contribution in [0.1, 0.15) is 26.2 Å². The lowest BCUT2D eigenvalue weighted by atomic mass is 10.1. The van der Waals surface area contributed by atoms with Gasteiger partial charge in [0, 0.05) is 18.1 Å². The standard InChI is InChI=1S/C19H22N4O3/c1-4-5-6-18(24)21-14-11-13(7-8-16(14)25-2)15-12-23-17(20-15)9-10-19(22-23)26-3/h7-12H,4-6H2,1-3H3,(H,21,24). The van der Waals surface area contributed by atoms with Crippen LogP contribution in [0.3, 0.4) is 0 Å². The zero-order valence-corrected chi connectivity index (χ0v) is 15.2. The summed E-state index contributed by atoms with van der Waals surface area (Å²) in [5, 5.41) is 7.24. The lowest BCUT2D eigenvalue weighted by molar-refractivity contribution is -0.116. The molecular formula is C19H22N4O3. The van der Waals surface area contributed by atoms with E-state index in [9.17, 15) is 4.79 Å². The third-order valence-electron chi connectivity index (χ3n) is 4.03. The number of imidazole rings is 1. The smallest absolute Gasteiger partial charge is 0.231 e. The molecule has 26 heavy (non-hydrogen) atoms. The van der Waals surface area contributed by atoms with Gasteiger partial charge in [0.1, 0.15) is 5.75 Å². The molecule has 2 aromatic heterocycles. The number of hydrogen-bond acceptors (Lipinski definition) is 5. The molecule has 0 saturated carbocycles. The molecule has 0 bridgehead atoms. The van der Waals surface area contributed by atoms with Crippen LogP contribution in [0.25, 0.3) is 16.9 Å². The molecule has 0 radical (unpaired) electrons. The number of amides is 1. The third kappa shape index (κ3) is 3.77. The third-order valence-corrected chi connectivity index (χ3v) is 4.03. The Hall–Kier alpha value is -3.09. The van der Waals surface area contributed by atoms with E-state index in [1.54, 1.807) is 24.8 Å². The van der Waals surface area contributed by atoms with Crippen molar-refractivity contribution in [3.63, 3.8) is 0 Å². The van der Waals surface area contributed by atoms with E-state index in [2.05, 4.69) is 22.3 Å². The molecule has 0 atom stereocenters. The molecule has 0 aliphatic heterocycles. The maximum absolute atomic E-state index is 12.1. The summed E-state index contributed by atoms with van der Waals surface area (Å²) in [5.41, 5.74) is 2.96. The predicted molar refractivity (Wildman–Crippen MR) is 99.7 cm³/mol. The molecule has 0 unspecified atom stereocenters. The molecule has 0 aliphatic rings. The van der Waals surface area contributed by atoms with Crippen molar-refractivity contribution in [3.05, 3.63) is 36.5 Å². The molecule has 3 rings (SSSR count). The first-order valence-electron chi connectivity index (χ1n) is 8.53. The number of carbonyl (C=O) groups is 1. The van der Waals surface area contributed by atoms with Crippen molar-refractivity contribution in [3.8, 4) is 22.9 Å². The molecule has 1 amide bonds. The highest BCUT2D eigenvalue weighted by Crippen LogP contribution is 2.30. The van der Waals surface area contributed by atoms with Crippen LogP contribution in [0.2, 0.25) is 0 Å². The van der Waals surface area contributed by atoms with Gasteiger partial charge in [-0.1, -0.05) is 13.3 Å². The molecule has 7 nitrogen and oxygen atoms in total. The summed E-state index contributed by atoms with van der Waals surface area (Å²) in [6.07, 6.45) is 4.14. The van der Waals surface area contributed by atoms with Gasteiger partial charge in [0.05, 0.1) is 31.8 Å². The van der Waals surface area contributed by atoms with Crippen molar-refractivity contribution in [2.45, 2.75) is 26.2 Å². The van der Waals surface area contributed by atoms with E-state index in [1.165, 1.54) is 0 Å². The van der Waals surface area contributed by atoms with E-state index >= 15 is 0 Å². The summed E-state index contributed by atoms with van der Waals surface area (Å²) in [6, 6.07) is 9.19. The van der Waals surface area contributed by atoms with Crippen molar-refractivity contribution in [1.29, 1.82) is 0 Å². The lowest BCUT2D eigenvalue weighted by Crippen LogP contribution is -2.11. The number of unbranched alkanes of at least 4 members (excludes halogenated alkanes) is 1. The van der Waals surface area contributed by atoms with Crippen LogP contribution in [0.4, 0.5) is 5.69 Å². The molecule has 0 spiro atoms. The minimum Gasteiger partial charge on any atom is -0.495 e. The van der Waals surface area contributed by atoms with Crippen LogP contribution in [0.5, 0.6) is 11.6 Å². The first kappa shape index (κ1) is 17.7. The van der Waals surface area contributed by atoms with Gasteiger partial charge in [0.2, 0.25) is 11.8 Å². The number of carbonyl (C=O) groups excluding carboxylic acids is 1. The molecular weight excluding hydrogens is 332 g/mol. The van der Waals surface area contributed by atoms with Gasteiger partial charge in [-0.15, -0.1) is 5.10 Å². The minimum atomic E-state index is -0.0243. The van der Waals surface area contributed by atoms with Gasteiger partial charge < -0.3 is 14.8 Å². The summed E-state index contributed by atoms with van der Waals surface area (Å²) in [6.45, 7) is 2.06. The Balaban J connectivity index is 1.92. The van der Waals surface area contributed by atoms with Crippen molar-refractivity contribution < 1.29 is 14.3 Å². The highest BCUT2D eigenvalue weighted by molar-refractivity contribution is 5.93. The molecule has 7 heteroatoms. The Kier molecular flexibility index (Phi) is 5.36. The average Bonchev–Trinajstić information content (AvgIpc) is 3.09. The summed E-state index contributed by atoms with van der Waals surface area (Å²) in [5.74, 6) is 1.10. The Bertz CT molecular complexity index is 920. The van der Waals surface area contributed by atoms with Crippen LogP contribution >= 0.6 is 0 Å². The Morgan fingerprint density at radius 3 is 2.77 bits per heavy atom. The van der Waals surface area contributed by atoms with Crippen LogP contribution in [0.15, 0.2) is 36.5 Å². The maximum atomic E-state index is 12.1. The number of methoxy groups -OCH3 is 2. The van der Waals surface area contributed by atoms with Crippen LogP contribution < -0.4 is 14.8 Å². The number of hydrogen-bond donors (Lipinski definition) is 1. The SMILES string of the molecule is CCCCC(=O)Nc1cc(-c2cn3nc(OC)ccc3n2)ccc1OC. The second-order valence-corrected chi connectivity index (χ2v) is 5.87. The number of ether oxygens (including phenoxy) is 2. The monoisotopic (exact) mass is 354 g/mol. The Labute approximate surface area is 152 Å². The van der Waals surface area contributed by atoms with Crippen molar-refractivity contribution in [2.75, 3.05) is 19.5 Å². The van der Waals surface area contributed by atoms with Crippen LogP contribution in [-0.2, 0) is 4.79 Å². The molecule has 0 saturated heterocycles. The number of aromatic nitrogens is 3. The van der Waals surface area contributed by atoms with Crippen molar-refractivity contribution >= 4 is 17.2 Å². The van der Waals surface area contributed by atoms with Crippen molar-refractivity contribution in [1.82, 2.24) is 14.6 Å². The zero-order chi connectivity index (χ0) is 18.5. The highest BCUT2D eigenvalue weighted by Gasteiger charge is 2.12. The number of nitrogens with one attached hydrogen (secondary N) is 1.